The normalized spacial score (nSPS) is 18.2. The number of rotatable bonds is 4. The van der Waals surface area contributed by atoms with Gasteiger partial charge < -0.3 is 24.8 Å². The van der Waals surface area contributed by atoms with Crippen molar-refractivity contribution < 1.29 is 45.2 Å². The number of allylic oxidation sites excluding steroid dienone is 2. The van der Waals surface area contributed by atoms with Gasteiger partial charge >= 0.3 is 313 Å². The van der Waals surface area contributed by atoms with Crippen LogP contribution in [0.25, 0.3) is 34.4 Å². The molecule has 0 nitrogen and oxygen atoms in total. The largest absolute Gasteiger partial charge is 1.00 e. The summed E-state index contributed by atoms with van der Waals surface area (Å²) in [7, 11) is 0. The molecule has 0 amide bonds. The Morgan fingerprint density at radius 2 is 0.923 bits per heavy atom. The van der Waals surface area contributed by atoms with Crippen LogP contribution in [0.2, 0.25) is 13.1 Å². The van der Waals surface area contributed by atoms with Gasteiger partial charge in [0.2, 0.25) is 0 Å². The molecule has 0 spiro atoms. The summed E-state index contributed by atoms with van der Waals surface area (Å²) in [5, 5.41) is 0. The van der Waals surface area contributed by atoms with E-state index in [2.05, 4.69) is 141 Å². The first-order valence-corrected chi connectivity index (χ1v) is 28.4. The molecule has 0 saturated carbocycles. The van der Waals surface area contributed by atoms with Crippen LogP contribution in [0, 0.1) is 0 Å². The van der Waals surface area contributed by atoms with Crippen molar-refractivity contribution in [1.29, 1.82) is 0 Å². The number of benzene rings is 4. The second-order valence-electron chi connectivity index (χ2n) is 18.2. The van der Waals surface area contributed by atoms with Gasteiger partial charge in [-0.05, 0) is 0 Å². The molecule has 0 N–H and O–H groups in total. The van der Waals surface area contributed by atoms with E-state index in [1.54, 1.807) is 66.8 Å². The first-order chi connectivity index (χ1) is 23.7. The molecule has 0 radical (unpaired) electrons. The van der Waals surface area contributed by atoms with Crippen LogP contribution in [0.3, 0.4) is 0 Å². The number of halogens is 2. The SMILES string of the molecule is CC1=Cc2c(cc3c(c2-c2ccc(C(C)(C)C)cc2)CCC3)[CH]1[Zr+2]([CH]1C(C)=Cc2c1cc1c(c2-c2ccc(C(C)(C)C)cc2)CCC1)=[Si](C)C.[Cl-].[Cl-]. The van der Waals surface area contributed by atoms with Crippen molar-refractivity contribution in [2.24, 2.45) is 0 Å². The molecule has 0 aromatic heterocycles. The van der Waals surface area contributed by atoms with Crippen LogP contribution in [0.5, 0.6) is 0 Å². The Labute approximate surface area is 335 Å². The van der Waals surface area contributed by atoms with Crippen molar-refractivity contribution in [3.8, 4) is 22.3 Å². The molecule has 2 atom stereocenters. The maximum absolute atomic E-state index is 2.73. The molecule has 8 rings (SSSR count). The van der Waals surface area contributed by atoms with Crippen molar-refractivity contribution in [2.45, 2.75) is 125 Å². The topological polar surface area (TPSA) is 0 Å². The summed E-state index contributed by atoms with van der Waals surface area (Å²) in [5.41, 5.74) is 25.2. The Kier molecular flexibility index (Phi) is 11.2. The van der Waals surface area contributed by atoms with Crippen LogP contribution < -0.4 is 24.8 Å². The minimum absolute atomic E-state index is 0. The molecular weight excluding hydrogens is 767 g/mol. The number of hydrogen-bond acceptors (Lipinski definition) is 0. The molecule has 52 heavy (non-hydrogen) atoms. The fraction of sp³-hybridized carbons (Fsp3) is 0.417. The van der Waals surface area contributed by atoms with Crippen molar-refractivity contribution in [3.05, 3.63) is 127 Å². The van der Waals surface area contributed by atoms with Gasteiger partial charge in [-0.1, -0.05) is 0 Å². The summed E-state index contributed by atoms with van der Waals surface area (Å²) < 4.78 is 1.33. The summed E-state index contributed by atoms with van der Waals surface area (Å²) in [4.78, 5) is 0. The average Bonchev–Trinajstić information content (AvgIpc) is 3.85. The molecule has 4 heteroatoms. The van der Waals surface area contributed by atoms with E-state index in [1.807, 2.05) is 0 Å². The van der Waals surface area contributed by atoms with Crippen molar-refractivity contribution in [1.82, 2.24) is 0 Å². The van der Waals surface area contributed by atoms with Gasteiger partial charge in [-0.25, -0.2) is 0 Å². The van der Waals surface area contributed by atoms with Gasteiger partial charge in [0.05, 0.1) is 0 Å². The minimum Gasteiger partial charge on any atom is -1.00 e. The maximum atomic E-state index is 2.73. The van der Waals surface area contributed by atoms with E-state index in [-0.39, 0.29) is 35.6 Å². The zero-order chi connectivity index (χ0) is 35.3. The Bertz CT molecular complexity index is 2000. The fourth-order valence-corrected chi connectivity index (χ4v) is 30.6. The molecule has 0 saturated heterocycles. The third-order valence-electron chi connectivity index (χ3n) is 12.5. The molecule has 4 aliphatic carbocycles. The monoisotopic (exact) mass is 820 g/mol. The predicted octanol–water partition coefficient (Wildman–Crippen LogP) is 7.09. The second kappa shape index (κ2) is 14.6. The molecule has 270 valence electrons. The van der Waals surface area contributed by atoms with Crippen LogP contribution in [0.1, 0.15) is 131 Å². The summed E-state index contributed by atoms with van der Waals surface area (Å²) in [6.45, 7) is 24.4. The van der Waals surface area contributed by atoms with Gasteiger partial charge in [0.25, 0.3) is 0 Å². The molecule has 4 aromatic rings. The van der Waals surface area contributed by atoms with Gasteiger partial charge in [0.15, 0.2) is 0 Å². The summed E-state index contributed by atoms with van der Waals surface area (Å²) in [5.74, 6) is 0. The van der Waals surface area contributed by atoms with Gasteiger partial charge in [-0.3, -0.25) is 0 Å². The van der Waals surface area contributed by atoms with E-state index in [4.69, 9.17) is 0 Å². The number of hydrogen-bond donors (Lipinski definition) is 0. The van der Waals surface area contributed by atoms with E-state index >= 15 is 0 Å². The molecule has 4 aromatic carbocycles. The van der Waals surface area contributed by atoms with Gasteiger partial charge in [-0.2, -0.15) is 0 Å². The number of aryl methyl sites for hydroxylation is 2. The summed E-state index contributed by atoms with van der Waals surface area (Å²) >= 11 is -2.20. The van der Waals surface area contributed by atoms with Crippen LogP contribution >= 0.6 is 0 Å². The van der Waals surface area contributed by atoms with Crippen LogP contribution in [0.15, 0.2) is 71.8 Å². The molecule has 0 heterocycles. The molecule has 4 aliphatic rings. The molecule has 2 unspecified atom stereocenters. The minimum atomic E-state index is -2.20. The zero-order valence-electron chi connectivity index (χ0n) is 33.1. The molecule has 0 fully saturated rings. The van der Waals surface area contributed by atoms with E-state index in [9.17, 15) is 0 Å². The Hall–Kier alpha value is -1.96. The maximum Gasteiger partial charge on any atom is -1.00 e. The van der Waals surface area contributed by atoms with E-state index in [0.717, 1.165) is 0 Å². The van der Waals surface area contributed by atoms with Gasteiger partial charge in [0.1, 0.15) is 0 Å². The predicted molar refractivity (Wildman–Crippen MR) is 215 cm³/mol. The Morgan fingerprint density at radius 1 is 0.558 bits per heavy atom. The molecule has 0 bridgehead atoms. The van der Waals surface area contributed by atoms with E-state index in [1.165, 1.54) is 60.8 Å². The third kappa shape index (κ3) is 6.69. The number of fused-ring (bicyclic) bond motifs is 4. The second-order valence-corrected chi connectivity index (χ2v) is 36.1. The van der Waals surface area contributed by atoms with Crippen LogP contribution in [-0.2, 0) is 56.9 Å². The summed E-state index contributed by atoms with van der Waals surface area (Å²) in [6.07, 6.45) is 12.8. The van der Waals surface area contributed by atoms with Crippen molar-refractivity contribution in [2.75, 3.05) is 0 Å². The standard InChI is InChI=1S/2C23H25.C2H6Si.2ClH.Zr/c2*1-15-12-18-14-17-6-5-7-20(17)22(21(18)13-15)16-8-10-19(11-9-16)23(2,3)4;1-3-2;;;/h2*8-14H,5-7H2,1-4H3;1-2H3;2*1H;/q;;;;;+2/p-2. The van der Waals surface area contributed by atoms with Crippen molar-refractivity contribution in [3.63, 3.8) is 0 Å². The zero-order valence-corrected chi connectivity index (χ0v) is 38.1. The summed E-state index contributed by atoms with van der Waals surface area (Å²) in [6, 6.07) is 24.8. The fourth-order valence-electron chi connectivity index (χ4n) is 9.97. The van der Waals surface area contributed by atoms with Crippen LogP contribution in [0.4, 0.5) is 0 Å². The van der Waals surface area contributed by atoms with E-state index < -0.39 is 25.8 Å². The Morgan fingerprint density at radius 3 is 1.25 bits per heavy atom. The van der Waals surface area contributed by atoms with Gasteiger partial charge in [-0.15, -0.1) is 0 Å². The molecule has 0 aliphatic heterocycles. The van der Waals surface area contributed by atoms with Gasteiger partial charge in [0, 0.05) is 0 Å². The quantitative estimate of drug-likeness (QED) is 0.193. The van der Waals surface area contributed by atoms with Crippen LogP contribution in [-0.4, -0.2) is 5.43 Å². The first-order valence-electron chi connectivity index (χ1n) is 19.3. The average molecular weight is 823 g/mol. The smallest absolute Gasteiger partial charge is 1.00 e. The third-order valence-corrected chi connectivity index (χ3v) is 32.4. The first kappa shape index (κ1) is 39.7. The van der Waals surface area contributed by atoms with E-state index in [0.29, 0.717) is 7.25 Å². The Balaban J connectivity index is 0.00000232. The van der Waals surface area contributed by atoms with Crippen molar-refractivity contribution >= 4 is 17.6 Å². The molecular formula is C48H56Cl2SiZr.